The van der Waals surface area contributed by atoms with Gasteiger partial charge in [0, 0.05) is 11.4 Å². The van der Waals surface area contributed by atoms with Crippen LogP contribution in [-0.4, -0.2) is 20.3 Å². The van der Waals surface area contributed by atoms with Gasteiger partial charge in [0.1, 0.15) is 6.20 Å². The zero-order valence-electron chi connectivity index (χ0n) is 11.6. The van der Waals surface area contributed by atoms with Crippen LogP contribution in [0.2, 0.25) is 0 Å². The molecule has 0 unspecified atom stereocenters. The van der Waals surface area contributed by atoms with Crippen molar-refractivity contribution in [3.8, 4) is 0 Å². The molecule has 20 heavy (non-hydrogen) atoms. The fourth-order valence-electron chi connectivity index (χ4n) is 2.78. The smallest absolute Gasteiger partial charge is 0.360 e. The number of anilines is 1. The normalized spacial score (nSPS) is 19.3. The number of nitrogens with zero attached hydrogens (tertiary/aromatic N) is 3. The maximum absolute atomic E-state index is 11.2. The van der Waals surface area contributed by atoms with Crippen LogP contribution >= 0.6 is 11.3 Å². The molecule has 2 heterocycles. The monoisotopic (exact) mass is 294 g/mol. The zero-order valence-corrected chi connectivity index (χ0v) is 12.4. The van der Waals surface area contributed by atoms with Gasteiger partial charge >= 0.3 is 5.82 Å². The Morgan fingerprint density at radius 3 is 2.85 bits per heavy atom. The number of imidazole rings is 1. The largest absolute Gasteiger partial charge is 0.372 e. The first-order valence-electron chi connectivity index (χ1n) is 6.83. The van der Waals surface area contributed by atoms with Crippen LogP contribution in [0.3, 0.4) is 0 Å². The van der Waals surface area contributed by atoms with E-state index in [2.05, 4.69) is 24.1 Å². The van der Waals surface area contributed by atoms with E-state index < -0.39 is 0 Å². The molecule has 7 heteroatoms. The molecular weight excluding hydrogens is 276 g/mol. The lowest BCUT2D eigenvalue weighted by molar-refractivity contribution is -0.389. The van der Waals surface area contributed by atoms with Gasteiger partial charge in [-0.3, -0.25) is 0 Å². The van der Waals surface area contributed by atoms with Crippen LogP contribution in [0.1, 0.15) is 39.5 Å². The summed E-state index contributed by atoms with van der Waals surface area (Å²) < 4.78 is 1.54. The minimum atomic E-state index is -0.359. The van der Waals surface area contributed by atoms with E-state index in [0.29, 0.717) is 16.2 Å². The average Bonchev–Trinajstić information content (AvgIpc) is 2.91. The molecule has 1 fully saturated rings. The molecular formula is C13H18N4O2S. The number of thiazole rings is 1. The van der Waals surface area contributed by atoms with Gasteiger partial charge in [0.05, 0.1) is 0 Å². The number of nitro groups is 1. The lowest BCUT2D eigenvalue weighted by Crippen LogP contribution is -2.30. The number of hydrogen-bond donors (Lipinski definition) is 1. The van der Waals surface area contributed by atoms with Crippen LogP contribution in [0.5, 0.6) is 0 Å². The van der Waals surface area contributed by atoms with Gasteiger partial charge in [0.2, 0.25) is 5.82 Å². The topological polar surface area (TPSA) is 72.5 Å². The van der Waals surface area contributed by atoms with Crippen LogP contribution in [-0.2, 0) is 0 Å². The third-order valence-corrected chi connectivity index (χ3v) is 4.85. The first-order valence-corrected chi connectivity index (χ1v) is 7.71. The minimum Gasteiger partial charge on any atom is -0.360 e. The Morgan fingerprint density at radius 2 is 2.20 bits per heavy atom. The molecule has 108 valence electrons. The second-order valence-electron chi connectivity index (χ2n) is 6.18. The molecule has 1 N–H and O–H groups in total. The molecule has 3 rings (SSSR count). The number of aromatic nitrogens is 2. The van der Waals surface area contributed by atoms with Gasteiger partial charge in [-0.25, -0.2) is 0 Å². The molecule has 0 bridgehead atoms. The van der Waals surface area contributed by atoms with Crippen molar-refractivity contribution < 1.29 is 4.92 Å². The van der Waals surface area contributed by atoms with Crippen molar-refractivity contribution >= 4 is 27.9 Å². The standard InChI is InChI=1S/C13H18N4O2S/c1-13(2)5-3-9(4-6-13)14-10-11(17(18)19)16-7-8-20-12(16)15-10/h7-9,14H,3-6H2,1-2H3. The second-order valence-corrected chi connectivity index (χ2v) is 7.05. The quantitative estimate of drug-likeness (QED) is 0.692. The van der Waals surface area contributed by atoms with Gasteiger partial charge in [-0.05, 0) is 36.0 Å². The van der Waals surface area contributed by atoms with Crippen LogP contribution in [0.4, 0.5) is 11.6 Å². The second kappa shape index (κ2) is 4.73. The van der Waals surface area contributed by atoms with Crippen molar-refractivity contribution in [1.82, 2.24) is 9.38 Å². The molecule has 0 amide bonds. The Morgan fingerprint density at radius 1 is 1.50 bits per heavy atom. The van der Waals surface area contributed by atoms with Crippen LogP contribution in [0.15, 0.2) is 11.6 Å². The molecule has 6 nitrogen and oxygen atoms in total. The number of nitrogens with one attached hydrogen (secondary N) is 1. The van der Waals surface area contributed by atoms with E-state index >= 15 is 0 Å². The molecule has 2 aromatic rings. The Labute approximate surface area is 121 Å². The highest BCUT2D eigenvalue weighted by Gasteiger charge is 2.30. The Kier molecular flexibility index (Phi) is 3.16. The molecule has 0 atom stereocenters. The van der Waals surface area contributed by atoms with Crippen LogP contribution < -0.4 is 5.32 Å². The summed E-state index contributed by atoms with van der Waals surface area (Å²) in [4.78, 5) is 15.9. The SMILES string of the molecule is CC1(C)CCC(Nc2nc3sccn3c2[N+](=O)[O-])CC1. The number of fused-ring (bicyclic) bond motifs is 1. The Bertz CT molecular complexity index is 636. The first-order chi connectivity index (χ1) is 9.46. The molecule has 0 radical (unpaired) electrons. The third-order valence-electron chi connectivity index (χ3n) is 4.09. The summed E-state index contributed by atoms with van der Waals surface area (Å²) in [6.07, 6.45) is 6.05. The van der Waals surface area contributed by atoms with Crippen molar-refractivity contribution in [2.24, 2.45) is 5.41 Å². The summed E-state index contributed by atoms with van der Waals surface area (Å²) in [5.74, 6) is 0.456. The van der Waals surface area contributed by atoms with Gasteiger partial charge in [0.15, 0.2) is 0 Å². The summed E-state index contributed by atoms with van der Waals surface area (Å²) in [5.41, 5.74) is 0.388. The molecule has 0 spiro atoms. The minimum absolute atomic E-state index is 0.0473. The lowest BCUT2D eigenvalue weighted by atomic mass is 9.75. The maximum Gasteiger partial charge on any atom is 0.372 e. The lowest BCUT2D eigenvalue weighted by Gasteiger charge is -2.34. The van der Waals surface area contributed by atoms with Gasteiger partial charge in [0.25, 0.3) is 4.96 Å². The molecule has 0 aromatic carbocycles. The van der Waals surface area contributed by atoms with Crippen molar-refractivity contribution in [2.45, 2.75) is 45.6 Å². The van der Waals surface area contributed by atoms with Gasteiger partial charge in [-0.1, -0.05) is 25.2 Å². The van der Waals surface area contributed by atoms with E-state index in [0.717, 1.165) is 25.7 Å². The fraction of sp³-hybridized carbons (Fsp3) is 0.615. The highest BCUT2D eigenvalue weighted by molar-refractivity contribution is 7.15. The zero-order chi connectivity index (χ0) is 14.3. The average molecular weight is 294 g/mol. The summed E-state index contributed by atoms with van der Waals surface area (Å²) in [6.45, 7) is 4.55. The van der Waals surface area contributed by atoms with E-state index in [1.807, 2.05) is 5.38 Å². The van der Waals surface area contributed by atoms with E-state index in [-0.39, 0.29) is 16.8 Å². The summed E-state index contributed by atoms with van der Waals surface area (Å²) in [6, 6.07) is 0.284. The molecule has 1 aliphatic rings. The van der Waals surface area contributed by atoms with E-state index in [1.54, 1.807) is 10.6 Å². The van der Waals surface area contributed by atoms with Crippen LogP contribution in [0.25, 0.3) is 4.96 Å². The molecule has 0 saturated heterocycles. The summed E-state index contributed by atoms with van der Waals surface area (Å²) in [7, 11) is 0. The molecule has 0 aliphatic heterocycles. The molecule has 1 aliphatic carbocycles. The van der Waals surface area contributed by atoms with Crippen molar-refractivity contribution in [1.29, 1.82) is 0 Å². The predicted octanol–water partition coefficient (Wildman–Crippen LogP) is 3.68. The number of rotatable bonds is 3. The molecule has 1 saturated carbocycles. The highest BCUT2D eigenvalue weighted by Crippen LogP contribution is 2.37. The van der Waals surface area contributed by atoms with Gasteiger partial charge in [-0.15, -0.1) is 0 Å². The molecule has 2 aromatic heterocycles. The number of hydrogen-bond acceptors (Lipinski definition) is 5. The maximum atomic E-state index is 11.2. The van der Waals surface area contributed by atoms with E-state index in [4.69, 9.17) is 0 Å². The van der Waals surface area contributed by atoms with E-state index in [1.165, 1.54) is 11.3 Å². The summed E-state index contributed by atoms with van der Waals surface area (Å²) >= 11 is 1.41. The van der Waals surface area contributed by atoms with Gasteiger partial charge < -0.3 is 15.4 Å². The predicted molar refractivity (Wildman–Crippen MR) is 79.4 cm³/mol. The first kappa shape index (κ1) is 13.4. The Balaban J connectivity index is 1.82. The highest BCUT2D eigenvalue weighted by atomic mass is 32.1. The third kappa shape index (κ3) is 2.37. The Hall–Kier alpha value is -1.63. The van der Waals surface area contributed by atoms with Crippen molar-refractivity contribution in [2.75, 3.05) is 5.32 Å². The van der Waals surface area contributed by atoms with Crippen LogP contribution in [0, 0.1) is 15.5 Å². The van der Waals surface area contributed by atoms with Crippen molar-refractivity contribution in [3.05, 3.63) is 21.7 Å². The van der Waals surface area contributed by atoms with Gasteiger partial charge in [-0.2, -0.15) is 9.38 Å². The van der Waals surface area contributed by atoms with E-state index in [9.17, 15) is 10.1 Å². The van der Waals surface area contributed by atoms with Crippen molar-refractivity contribution in [3.63, 3.8) is 0 Å². The summed E-state index contributed by atoms with van der Waals surface area (Å²) in [5, 5.41) is 16.3. The fourth-order valence-corrected chi connectivity index (χ4v) is 3.49.